The van der Waals surface area contributed by atoms with Gasteiger partial charge in [0.1, 0.15) is 5.75 Å². The molecule has 0 spiro atoms. The molecule has 0 aromatic heterocycles. The molecule has 0 aliphatic heterocycles. The number of halogens is 5. The van der Waals surface area contributed by atoms with Crippen LogP contribution in [0.1, 0.15) is 69.4 Å². The molecule has 0 radical (unpaired) electrons. The van der Waals surface area contributed by atoms with Crippen molar-refractivity contribution in [2.24, 2.45) is 11.8 Å². The second kappa shape index (κ2) is 12.1. The van der Waals surface area contributed by atoms with Crippen molar-refractivity contribution in [1.82, 2.24) is 0 Å². The van der Waals surface area contributed by atoms with Crippen molar-refractivity contribution in [2.75, 3.05) is 0 Å². The second-order valence-electron chi connectivity index (χ2n) is 10.2. The van der Waals surface area contributed by atoms with E-state index in [0.29, 0.717) is 23.3 Å². The van der Waals surface area contributed by atoms with Gasteiger partial charge in [0.2, 0.25) is 5.82 Å². The second-order valence-corrected chi connectivity index (χ2v) is 10.2. The van der Waals surface area contributed by atoms with E-state index in [1.165, 1.54) is 57.4 Å². The Labute approximate surface area is 215 Å². The quantitative estimate of drug-likeness (QED) is 0.203. The predicted octanol–water partition coefficient (Wildman–Crippen LogP) is 10.1. The summed E-state index contributed by atoms with van der Waals surface area (Å²) in [5.74, 6) is -6.39. The number of unbranched alkanes of at least 4 members (excludes halogenated alkanes) is 1. The Morgan fingerprint density at radius 3 is 1.92 bits per heavy atom. The lowest BCUT2D eigenvalue weighted by atomic mass is 9.78. The molecular weight excluding hydrogens is 483 g/mol. The van der Waals surface area contributed by atoms with Crippen LogP contribution in [0.25, 0.3) is 11.1 Å². The normalized spacial score (nSPS) is 17.7. The van der Waals surface area contributed by atoms with Gasteiger partial charge in [-0.3, -0.25) is 0 Å². The summed E-state index contributed by atoms with van der Waals surface area (Å²) < 4.78 is 74.8. The monoisotopic (exact) mass is 516 g/mol. The van der Waals surface area contributed by atoms with E-state index in [2.05, 4.69) is 6.92 Å². The molecule has 198 valence electrons. The molecule has 0 unspecified atom stereocenters. The summed E-state index contributed by atoms with van der Waals surface area (Å²) in [7, 11) is 0. The molecule has 6 heteroatoms. The molecule has 3 aromatic carbocycles. The molecule has 0 atom stereocenters. The Kier molecular flexibility index (Phi) is 8.88. The number of rotatable bonds is 9. The van der Waals surface area contributed by atoms with Gasteiger partial charge in [-0.1, -0.05) is 76.1 Å². The standard InChI is InChI=1S/C31H33F5O/c1-3-4-5-20-6-8-21(9-7-20)10-11-22-12-14-23(15-13-22)25-18-28(34)30(36)31(19(25)2)37-24-16-26(32)29(35)27(33)17-24/h12-18,20-21H,3-11H2,1-2H3. The third-order valence-corrected chi connectivity index (χ3v) is 7.64. The van der Waals surface area contributed by atoms with Crippen molar-refractivity contribution < 1.29 is 26.7 Å². The smallest absolute Gasteiger partial charge is 0.201 e. The lowest BCUT2D eigenvalue weighted by molar-refractivity contribution is 0.250. The zero-order valence-corrected chi connectivity index (χ0v) is 21.4. The summed E-state index contributed by atoms with van der Waals surface area (Å²) in [6.07, 6.45) is 11.3. The van der Waals surface area contributed by atoms with E-state index in [-0.39, 0.29) is 5.56 Å². The van der Waals surface area contributed by atoms with E-state index >= 15 is 0 Å². The fourth-order valence-corrected chi connectivity index (χ4v) is 5.35. The lowest BCUT2D eigenvalue weighted by Gasteiger charge is -2.28. The van der Waals surface area contributed by atoms with Gasteiger partial charge in [0.25, 0.3) is 0 Å². The fraction of sp³-hybridized carbons (Fsp3) is 0.419. The van der Waals surface area contributed by atoms with Crippen molar-refractivity contribution in [2.45, 2.75) is 71.6 Å². The van der Waals surface area contributed by atoms with Crippen LogP contribution in [0.15, 0.2) is 42.5 Å². The van der Waals surface area contributed by atoms with E-state index in [4.69, 9.17) is 4.74 Å². The largest absolute Gasteiger partial charge is 0.454 e. The molecule has 0 N–H and O–H groups in total. The average Bonchev–Trinajstić information content (AvgIpc) is 2.90. The van der Waals surface area contributed by atoms with E-state index in [1.54, 1.807) is 0 Å². The maximum atomic E-state index is 14.6. The average molecular weight is 517 g/mol. The third-order valence-electron chi connectivity index (χ3n) is 7.64. The van der Waals surface area contributed by atoms with Crippen LogP contribution in [0.2, 0.25) is 0 Å². The van der Waals surface area contributed by atoms with Crippen molar-refractivity contribution in [3.05, 3.63) is 82.7 Å². The number of hydrogen-bond acceptors (Lipinski definition) is 1. The summed E-state index contributed by atoms with van der Waals surface area (Å²) in [6, 6.07) is 9.97. The van der Waals surface area contributed by atoms with Crippen molar-refractivity contribution in [3.63, 3.8) is 0 Å². The van der Waals surface area contributed by atoms with Crippen molar-refractivity contribution in [3.8, 4) is 22.6 Å². The summed E-state index contributed by atoms with van der Waals surface area (Å²) in [6.45, 7) is 3.78. The van der Waals surface area contributed by atoms with Gasteiger partial charge in [-0.15, -0.1) is 0 Å². The first-order valence-corrected chi connectivity index (χ1v) is 13.2. The molecule has 0 amide bonds. The van der Waals surface area contributed by atoms with Gasteiger partial charge >= 0.3 is 0 Å². The highest BCUT2D eigenvalue weighted by Gasteiger charge is 2.22. The SMILES string of the molecule is CCCCC1CCC(CCc2ccc(-c3cc(F)c(F)c(Oc4cc(F)c(F)c(F)c4)c3C)cc2)CC1. The Balaban J connectivity index is 1.45. The van der Waals surface area contributed by atoms with Crippen LogP contribution in [0, 0.1) is 47.8 Å². The number of hydrogen-bond donors (Lipinski definition) is 0. The van der Waals surface area contributed by atoms with Gasteiger partial charge in [0.05, 0.1) is 0 Å². The summed E-state index contributed by atoms with van der Waals surface area (Å²) in [5, 5.41) is 0. The molecule has 0 saturated heterocycles. The first-order chi connectivity index (χ1) is 17.8. The summed E-state index contributed by atoms with van der Waals surface area (Å²) in [4.78, 5) is 0. The van der Waals surface area contributed by atoms with Gasteiger partial charge in [-0.05, 0) is 54.4 Å². The Hall–Kier alpha value is -2.89. The van der Waals surface area contributed by atoms with Crippen LogP contribution in [-0.4, -0.2) is 0 Å². The molecule has 0 heterocycles. The van der Waals surface area contributed by atoms with Gasteiger partial charge in [-0.25, -0.2) is 17.6 Å². The summed E-state index contributed by atoms with van der Waals surface area (Å²) >= 11 is 0. The van der Waals surface area contributed by atoms with Gasteiger partial charge in [0.15, 0.2) is 29.0 Å². The lowest BCUT2D eigenvalue weighted by Crippen LogP contribution is -2.15. The van der Waals surface area contributed by atoms with E-state index in [1.807, 2.05) is 24.3 Å². The molecule has 4 rings (SSSR count). The van der Waals surface area contributed by atoms with E-state index in [9.17, 15) is 22.0 Å². The van der Waals surface area contributed by atoms with E-state index in [0.717, 1.165) is 30.7 Å². The zero-order valence-electron chi connectivity index (χ0n) is 21.4. The molecule has 1 aliphatic carbocycles. The number of benzene rings is 3. The van der Waals surface area contributed by atoms with Crippen LogP contribution < -0.4 is 4.74 Å². The molecule has 3 aromatic rings. The van der Waals surface area contributed by atoms with Crippen molar-refractivity contribution in [1.29, 1.82) is 0 Å². The third kappa shape index (κ3) is 6.52. The highest BCUT2D eigenvalue weighted by Crippen LogP contribution is 2.38. The maximum absolute atomic E-state index is 14.6. The number of ether oxygens (including phenoxy) is 1. The molecule has 1 saturated carbocycles. The maximum Gasteiger partial charge on any atom is 0.201 e. The van der Waals surface area contributed by atoms with Crippen molar-refractivity contribution >= 4 is 0 Å². The van der Waals surface area contributed by atoms with E-state index < -0.39 is 40.6 Å². The fourth-order valence-electron chi connectivity index (χ4n) is 5.35. The Bertz CT molecular complexity index is 1190. The van der Waals surface area contributed by atoms with Crippen LogP contribution in [-0.2, 0) is 6.42 Å². The Morgan fingerprint density at radius 1 is 0.757 bits per heavy atom. The molecule has 37 heavy (non-hydrogen) atoms. The van der Waals surface area contributed by atoms with Crippen LogP contribution in [0.4, 0.5) is 22.0 Å². The van der Waals surface area contributed by atoms with Crippen LogP contribution in [0.5, 0.6) is 11.5 Å². The van der Waals surface area contributed by atoms with Crippen LogP contribution >= 0.6 is 0 Å². The molecule has 1 aliphatic rings. The highest BCUT2D eigenvalue weighted by molar-refractivity contribution is 5.70. The molecule has 1 nitrogen and oxygen atoms in total. The van der Waals surface area contributed by atoms with Gasteiger partial charge in [-0.2, -0.15) is 4.39 Å². The number of aryl methyl sites for hydroxylation is 1. The predicted molar refractivity (Wildman–Crippen MR) is 136 cm³/mol. The topological polar surface area (TPSA) is 9.23 Å². The Morgan fingerprint density at radius 2 is 1.32 bits per heavy atom. The minimum Gasteiger partial charge on any atom is -0.454 e. The first kappa shape index (κ1) is 27.2. The zero-order chi connectivity index (χ0) is 26.5. The highest BCUT2D eigenvalue weighted by atomic mass is 19.2. The van der Waals surface area contributed by atoms with Crippen LogP contribution in [0.3, 0.4) is 0 Å². The van der Waals surface area contributed by atoms with Gasteiger partial charge in [0, 0.05) is 17.7 Å². The first-order valence-electron chi connectivity index (χ1n) is 13.2. The molecular formula is C31H33F5O. The molecule has 0 bridgehead atoms. The minimum absolute atomic E-state index is 0.261. The summed E-state index contributed by atoms with van der Waals surface area (Å²) in [5.41, 5.74) is 2.51. The molecule has 1 fully saturated rings. The minimum atomic E-state index is -1.66. The van der Waals surface area contributed by atoms with Gasteiger partial charge < -0.3 is 4.74 Å².